The van der Waals surface area contributed by atoms with Gasteiger partial charge in [-0.3, -0.25) is 0 Å². The number of halogens is 2. The normalized spacial score (nSPS) is 13.8. The summed E-state index contributed by atoms with van der Waals surface area (Å²) in [5.74, 6) is 0. The Bertz CT molecular complexity index is 91.8. The fourth-order valence-corrected chi connectivity index (χ4v) is 1.88. The van der Waals surface area contributed by atoms with Gasteiger partial charge in [0.1, 0.15) is 0 Å². The van der Waals surface area contributed by atoms with Crippen molar-refractivity contribution in [3.8, 4) is 0 Å². The van der Waals surface area contributed by atoms with Crippen molar-refractivity contribution in [2.24, 2.45) is 10.8 Å². The molecule has 0 spiro atoms. The minimum atomic E-state index is 0.358. The molecule has 0 saturated heterocycles. The fraction of sp³-hybridized carbons (Fsp3) is 1.00. The molecule has 0 fully saturated rings. The lowest BCUT2D eigenvalue weighted by atomic mass is 9.71. The van der Waals surface area contributed by atoms with E-state index in [1.807, 2.05) is 0 Å². The van der Waals surface area contributed by atoms with Crippen LogP contribution < -0.4 is 0 Å². The highest BCUT2D eigenvalue weighted by Gasteiger charge is 2.34. The average Bonchev–Trinajstić information content (AvgIpc) is 1.88. The van der Waals surface area contributed by atoms with E-state index in [9.17, 15) is 0 Å². The van der Waals surface area contributed by atoms with Crippen molar-refractivity contribution < 1.29 is 0 Å². The van der Waals surface area contributed by atoms with E-state index in [1.54, 1.807) is 0 Å². The number of hydrogen-bond acceptors (Lipinski definition) is 0. The van der Waals surface area contributed by atoms with Crippen LogP contribution in [0.5, 0.6) is 0 Å². The summed E-state index contributed by atoms with van der Waals surface area (Å²) in [6.45, 7) is 9.12. The molecule has 2 heteroatoms. The van der Waals surface area contributed by atoms with Crippen LogP contribution >= 0.6 is 31.9 Å². The van der Waals surface area contributed by atoms with Crippen molar-refractivity contribution in [3.05, 3.63) is 0 Å². The second kappa shape index (κ2) is 3.57. The SMILES string of the molecule is CC(C)(CBr)C(C)(C)CBr. The van der Waals surface area contributed by atoms with Crippen LogP contribution in [-0.4, -0.2) is 10.7 Å². The van der Waals surface area contributed by atoms with E-state index < -0.39 is 0 Å². The van der Waals surface area contributed by atoms with Crippen molar-refractivity contribution in [1.82, 2.24) is 0 Å². The van der Waals surface area contributed by atoms with Gasteiger partial charge in [0.2, 0.25) is 0 Å². The highest BCUT2D eigenvalue weighted by Crippen LogP contribution is 2.40. The van der Waals surface area contributed by atoms with Crippen LogP contribution in [0.4, 0.5) is 0 Å². The third-order valence-corrected chi connectivity index (χ3v) is 5.30. The van der Waals surface area contributed by atoms with Crippen molar-refractivity contribution in [2.75, 3.05) is 10.7 Å². The molecule has 0 radical (unpaired) electrons. The Morgan fingerprint density at radius 2 is 1.00 bits per heavy atom. The lowest BCUT2D eigenvalue weighted by Crippen LogP contribution is -2.35. The van der Waals surface area contributed by atoms with Gasteiger partial charge < -0.3 is 0 Å². The fourth-order valence-electron chi connectivity index (χ4n) is 0.362. The molecule has 10 heavy (non-hydrogen) atoms. The molecule has 0 nitrogen and oxygen atoms in total. The predicted molar refractivity (Wildman–Crippen MR) is 55.2 cm³/mol. The van der Waals surface area contributed by atoms with Crippen molar-refractivity contribution in [1.29, 1.82) is 0 Å². The van der Waals surface area contributed by atoms with Crippen LogP contribution in [0.25, 0.3) is 0 Å². The summed E-state index contributed by atoms with van der Waals surface area (Å²) < 4.78 is 0. The van der Waals surface area contributed by atoms with E-state index in [-0.39, 0.29) is 0 Å². The van der Waals surface area contributed by atoms with Crippen molar-refractivity contribution >= 4 is 31.9 Å². The first-order chi connectivity index (χ1) is 4.37. The Kier molecular flexibility index (Phi) is 3.92. The van der Waals surface area contributed by atoms with E-state index in [4.69, 9.17) is 0 Å². The lowest BCUT2D eigenvalue weighted by molar-refractivity contribution is 0.172. The minimum absolute atomic E-state index is 0.358. The molecule has 0 heterocycles. The zero-order chi connectivity index (χ0) is 8.41. The van der Waals surface area contributed by atoms with Crippen LogP contribution in [0.2, 0.25) is 0 Å². The maximum Gasteiger partial charge on any atom is 0.00880 e. The van der Waals surface area contributed by atoms with Gasteiger partial charge in [0.05, 0.1) is 0 Å². The standard InChI is InChI=1S/C8H16Br2/c1-7(2,5-9)8(3,4)6-10/h5-6H2,1-4H3. The maximum absolute atomic E-state index is 3.53. The second-order valence-electron chi connectivity index (χ2n) is 4.04. The third-order valence-electron chi connectivity index (χ3n) is 2.50. The van der Waals surface area contributed by atoms with Crippen LogP contribution in [0.1, 0.15) is 27.7 Å². The lowest BCUT2D eigenvalue weighted by Gasteiger charge is -2.39. The molecule has 0 atom stereocenters. The molecule has 0 aromatic heterocycles. The molecular formula is C8H16Br2. The summed E-state index contributed by atoms with van der Waals surface area (Å²) in [7, 11) is 0. The van der Waals surface area contributed by atoms with Crippen LogP contribution in [0, 0.1) is 10.8 Å². The predicted octanol–water partition coefficient (Wildman–Crippen LogP) is 3.83. The van der Waals surface area contributed by atoms with Gasteiger partial charge in [0.25, 0.3) is 0 Å². The zero-order valence-electron chi connectivity index (χ0n) is 7.17. The number of alkyl halides is 2. The first-order valence-electron chi connectivity index (χ1n) is 3.49. The maximum atomic E-state index is 3.53. The number of hydrogen-bond donors (Lipinski definition) is 0. The van der Waals surface area contributed by atoms with E-state index >= 15 is 0 Å². The van der Waals surface area contributed by atoms with Gasteiger partial charge in [-0.05, 0) is 10.8 Å². The van der Waals surface area contributed by atoms with Gasteiger partial charge in [-0.25, -0.2) is 0 Å². The van der Waals surface area contributed by atoms with Gasteiger partial charge in [-0.2, -0.15) is 0 Å². The topological polar surface area (TPSA) is 0 Å². The van der Waals surface area contributed by atoms with Crippen LogP contribution in [0.15, 0.2) is 0 Å². The Morgan fingerprint density at radius 1 is 0.800 bits per heavy atom. The van der Waals surface area contributed by atoms with Gasteiger partial charge in [0, 0.05) is 10.7 Å². The average molecular weight is 272 g/mol. The summed E-state index contributed by atoms with van der Waals surface area (Å²) >= 11 is 7.05. The Balaban J connectivity index is 4.28. The highest BCUT2D eigenvalue weighted by molar-refractivity contribution is 9.09. The quantitative estimate of drug-likeness (QED) is 0.685. The Hall–Kier alpha value is 0.960. The molecular weight excluding hydrogens is 256 g/mol. The summed E-state index contributed by atoms with van der Waals surface area (Å²) in [6, 6.07) is 0. The molecule has 0 aliphatic rings. The molecule has 0 aliphatic heterocycles. The molecule has 0 bridgehead atoms. The Morgan fingerprint density at radius 3 is 1.10 bits per heavy atom. The molecule has 0 unspecified atom stereocenters. The molecule has 62 valence electrons. The summed E-state index contributed by atoms with van der Waals surface area (Å²) in [5.41, 5.74) is 0.715. The first-order valence-corrected chi connectivity index (χ1v) is 5.73. The highest BCUT2D eigenvalue weighted by atomic mass is 79.9. The van der Waals surface area contributed by atoms with Gasteiger partial charge in [-0.15, -0.1) is 0 Å². The van der Waals surface area contributed by atoms with Gasteiger partial charge >= 0.3 is 0 Å². The van der Waals surface area contributed by atoms with Gasteiger partial charge in [0.15, 0.2) is 0 Å². The van der Waals surface area contributed by atoms with E-state index in [1.165, 1.54) is 0 Å². The molecule has 0 aromatic carbocycles. The molecule has 0 aromatic rings. The molecule has 0 rings (SSSR count). The molecule has 0 saturated carbocycles. The molecule has 0 aliphatic carbocycles. The van der Waals surface area contributed by atoms with Crippen molar-refractivity contribution in [3.63, 3.8) is 0 Å². The molecule has 0 amide bonds. The summed E-state index contributed by atoms with van der Waals surface area (Å²) in [4.78, 5) is 0. The van der Waals surface area contributed by atoms with E-state index in [0.717, 1.165) is 10.7 Å². The monoisotopic (exact) mass is 270 g/mol. The minimum Gasteiger partial charge on any atom is -0.0922 e. The largest absolute Gasteiger partial charge is 0.0922 e. The van der Waals surface area contributed by atoms with Crippen LogP contribution in [-0.2, 0) is 0 Å². The van der Waals surface area contributed by atoms with E-state index in [2.05, 4.69) is 59.6 Å². The second-order valence-corrected chi connectivity index (χ2v) is 5.16. The summed E-state index contributed by atoms with van der Waals surface area (Å²) in [6.07, 6.45) is 0. The van der Waals surface area contributed by atoms with Crippen LogP contribution in [0.3, 0.4) is 0 Å². The first kappa shape index (κ1) is 11.0. The van der Waals surface area contributed by atoms with Gasteiger partial charge in [-0.1, -0.05) is 59.6 Å². The Labute approximate surface area is 81.0 Å². The third kappa shape index (κ3) is 2.23. The molecule has 0 N–H and O–H groups in total. The zero-order valence-corrected chi connectivity index (χ0v) is 10.3. The van der Waals surface area contributed by atoms with E-state index in [0.29, 0.717) is 10.8 Å². The number of rotatable bonds is 3. The van der Waals surface area contributed by atoms with Crippen molar-refractivity contribution in [2.45, 2.75) is 27.7 Å². The summed E-state index contributed by atoms with van der Waals surface area (Å²) in [5, 5.41) is 2.11. The smallest absolute Gasteiger partial charge is 0.00880 e.